The highest BCUT2D eigenvalue weighted by molar-refractivity contribution is 7.13. The van der Waals surface area contributed by atoms with Gasteiger partial charge in [0, 0.05) is 5.56 Å². The summed E-state index contributed by atoms with van der Waals surface area (Å²) in [7, 11) is 1.53. The number of carbonyl (C=O) groups excluding carboxylic acids is 1. The van der Waals surface area contributed by atoms with Crippen molar-refractivity contribution in [2.45, 2.75) is 39.7 Å². The minimum Gasteiger partial charge on any atom is -0.493 e. The Morgan fingerprint density at radius 2 is 2.07 bits per heavy atom. The van der Waals surface area contributed by atoms with Crippen LogP contribution in [0.3, 0.4) is 0 Å². The molecule has 0 spiro atoms. The molecule has 1 unspecified atom stereocenters. The molecule has 2 aromatic rings. The van der Waals surface area contributed by atoms with E-state index in [1.54, 1.807) is 32.0 Å². The monoisotopic (exact) mass is 392 g/mol. The van der Waals surface area contributed by atoms with E-state index in [0.29, 0.717) is 34.4 Å². The Bertz CT molecular complexity index is 818. The molecule has 1 amide bonds. The van der Waals surface area contributed by atoms with Crippen LogP contribution in [0.1, 0.15) is 63.5 Å². The van der Waals surface area contributed by atoms with Crippen LogP contribution in [0.5, 0.6) is 11.5 Å². The minimum atomic E-state index is -1.02. The molecule has 0 fully saturated rings. The molecule has 0 bridgehead atoms. The second-order valence-corrected chi connectivity index (χ2v) is 7.07. The zero-order valence-electron chi connectivity index (χ0n) is 15.9. The summed E-state index contributed by atoms with van der Waals surface area (Å²) < 4.78 is 11.0. The van der Waals surface area contributed by atoms with Crippen LogP contribution < -0.4 is 14.8 Å². The molecule has 8 heteroatoms. The van der Waals surface area contributed by atoms with E-state index in [0.717, 1.165) is 24.2 Å². The summed E-state index contributed by atoms with van der Waals surface area (Å²) in [6.45, 7) is 6.07. The van der Waals surface area contributed by atoms with Crippen LogP contribution in [0.2, 0.25) is 0 Å². The van der Waals surface area contributed by atoms with Gasteiger partial charge < -0.3 is 19.9 Å². The number of amides is 1. The number of nitrogens with zero attached hydrogens (tertiary/aromatic N) is 1. The Morgan fingerprint density at radius 1 is 1.33 bits per heavy atom. The number of carbonyl (C=O) groups is 2. The standard InChI is InChI=1S/C19H24N2O5S/c1-5-6-9-26-14-8-7-13(10-15(14)25-4)17(22)20-12(3)18-21-11(2)16(27-18)19(23)24/h7-8,10,12H,5-6,9H2,1-4H3,(H,20,22)(H,23,24). The largest absolute Gasteiger partial charge is 0.493 e. The fraction of sp³-hybridized carbons (Fsp3) is 0.421. The maximum atomic E-state index is 12.5. The summed E-state index contributed by atoms with van der Waals surface area (Å²) in [4.78, 5) is 28.1. The summed E-state index contributed by atoms with van der Waals surface area (Å²) in [5.74, 6) is -0.231. The topological polar surface area (TPSA) is 97.8 Å². The van der Waals surface area contributed by atoms with Gasteiger partial charge in [0.1, 0.15) is 9.88 Å². The number of rotatable bonds is 9. The maximum absolute atomic E-state index is 12.5. The summed E-state index contributed by atoms with van der Waals surface area (Å²) in [5.41, 5.74) is 0.868. The highest BCUT2D eigenvalue weighted by Crippen LogP contribution is 2.29. The van der Waals surface area contributed by atoms with Crippen molar-refractivity contribution in [2.24, 2.45) is 0 Å². The predicted molar refractivity (Wildman–Crippen MR) is 103 cm³/mol. The quantitative estimate of drug-likeness (QED) is 0.630. The smallest absolute Gasteiger partial charge is 0.347 e. The Morgan fingerprint density at radius 3 is 2.67 bits per heavy atom. The average molecular weight is 392 g/mol. The van der Waals surface area contributed by atoms with E-state index in [1.807, 2.05) is 0 Å². The second-order valence-electron chi connectivity index (χ2n) is 6.03. The van der Waals surface area contributed by atoms with Gasteiger partial charge in [0.15, 0.2) is 11.5 Å². The highest BCUT2D eigenvalue weighted by atomic mass is 32.1. The van der Waals surface area contributed by atoms with Gasteiger partial charge in [-0.3, -0.25) is 4.79 Å². The SMILES string of the molecule is CCCCOc1ccc(C(=O)NC(C)c2nc(C)c(C(=O)O)s2)cc1OC. The van der Waals surface area contributed by atoms with Crippen molar-refractivity contribution in [1.29, 1.82) is 0 Å². The van der Waals surface area contributed by atoms with Gasteiger partial charge in [-0.25, -0.2) is 9.78 Å². The van der Waals surface area contributed by atoms with Crippen LogP contribution in [0.25, 0.3) is 0 Å². The lowest BCUT2D eigenvalue weighted by atomic mass is 10.1. The molecule has 7 nitrogen and oxygen atoms in total. The van der Waals surface area contributed by atoms with E-state index in [2.05, 4.69) is 17.2 Å². The lowest BCUT2D eigenvalue weighted by Gasteiger charge is -2.14. The van der Waals surface area contributed by atoms with E-state index < -0.39 is 12.0 Å². The summed E-state index contributed by atoms with van der Waals surface area (Å²) in [6.07, 6.45) is 1.97. The van der Waals surface area contributed by atoms with E-state index >= 15 is 0 Å². The van der Waals surface area contributed by atoms with E-state index in [9.17, 15) is 9.59 Å². The molecule has 1 atom stereocenters. The zero-order chi connectivity index (χ0) is 20.0. The molecule has 1 aromatic carbocycles. The lowest BCUT2D eigenvalue weighted by Crippen LogP contribution is -2.26. The summed E-state index contributed by atoms with van der Waals surface area (Å²) in [6, 6.07) is 4.59. The third-order valence-electron chi connectivity index (χ3n) is 3.91. The molecule has 0 saturated heterocycles. The Hall–Kier alpha value is -2.61. The number of carboxylic acids is 1. The van der Waals surface area contributed by atoms with Crippen LogP contribution in [0.15, 0.2) is 18.2 Å². The van der Waals surface area contributed by atoms with Gasteiger partial charge in [-0.2, -0.15) is 0 Å². The van der Waals surface area contributed by atoms with Crippen LogP contribution in [-0.4, -0.2) is 35.7 Å². The van der Waals surface area contributed by atoms with Crippen molar-refractivity contribution in [1.82, 2.24) is 10.3 Å². The van der Waals surface area contributed by atoms with Crippen molar-refractivity contribution in [3.8, 4) is 11.5 Å². The van der Waals surface area contributed by atoms with Crippen molar-refractivity contribution >= 4 is 23.2 Å². The van der Waals surface area contributed by atoms with Crippen LogP contribution in [0, 0.1) is 6.92 Å². The molecule has 0 radical (unpaired) electrons. The van der Waals surface area contributed by atoms with Gasteiger partial charge in [0.2, 0.25) is 0 Å². The minimum absolute atomic E-state index is 0.182. The number of hydrogen-bond acceptors (Lipinski definition) is 6. The van der Waals surface area contributed by atoms with E-state index in [4.69, 9.17) is 14.6 Å². The predicted octanol–water partition coefficient (Wildman–Crippen LogP) is 3.83. The molecular weight excluding hydrogens is 368 g/mol. The van der Waals surface area contributed by atoms with Gasteiger partial charge >= 0.3 is 5.97 Å². The van der Waals surface area contributed by atoms with Crippen LogP contribution >= 0.6 is 11.3 Å². The molecule has 146 valence electrons. The summed E-state index contributed by atoms with van der Waals surface area (Å²) >= 11 is 1.06. The normalized spacial score (nSPS) is 11.7. The molecule has 27 heavy (non-hydrogen) atoms. The van der Waals surface area contributed by atoms with Crippen molar-refractivity contribution in [3.05, 3.63) is 39.3 Å². The van der Waals surface area contributed by atoms with Crippen molar-refractivity contribution in [2.75, 3.05) is 13.7 Å². The Labute approximate surface area is 162 Å². The molecule has 0 saturated carbocycles. The number of benzene rings is 1. The number of aryl methyl sites for hydroxylation is 1. The number of aromatic nitrogens is 1. The number of unbranched alkanes of at least 4 members (excludes halogenated alkanes) is 1. The number of ether oxygens (including phenoxy) is 2. The molecule has 0 aliphatic heterocycles. The van der Waals surface area contributed by atoms with Crippen molar-refractivity contribution in [3.63, 3.8) is 0 Å². The third-order valence-corrected chi connectivity index (χ3v) is 5.23. The highest BCUT2D eigenvalue weighted by Gasteiger charge is 2.20. The molecule has 0 aliphatic rings. The van der Waals surface area contributed by atoms with Gasteiger partial charge in [-0.1, -0.05) is 13.3 Å². The van der Waals surface area contributed by atoms with Gasteiger partial charge in [0.05, 0.1) is 25.5 Å². The molecular formula is C19H24N2O5S. The van der Waals surface area contributed by atoms with Crippen LogP contribution in [0.4, 0.5) is 0 Å². The molecule has 1 aromatic heterocycles. The lowest BCUT2D eigenvalue weighted by molar-refractivity contribution is 0.0701. The number of nitrogens with one attached hydrogen (secondary N) is 1. The number of methoxy groups -OCH3 is 1. The first-order valence-electron chi connectivity index (χ1n) is 8.69. The van der Waals surface area contributed by atoms with E-state index in [1.165, 1.54) is 7.11 Å². The zero-order valence-corrected chi connectivity index (χ0v) is 16.7. The number of hydrogen-bond donors (Lipinski definition) is 2. The van der Waals surface area contributed by atoms with Crippen LogP contribution in [-0.2, 0) is 0 Å². The first-order valence-corrected chi connectivity index (χ1v) is 9.51. The third kappa shape index (κ3) is 5.19. The number of aromatic carboxylic acids is 1. The second kappa shape index (κ2) is 9.36. The van der Waals surface area contributed by atoms with Gasteiger partial charge in [0.25, 0.3) is 5.91 Å². The maximum Gasteiger partial charge on any atom is 0.347 e. The first kappa shape index (κ1) is 20.7. The van der Waals surface area contributed by atoms with Crippen molar-refractivity contribution < 1.29 is 24.2 Å². The number of thiazole rings is 1. The number of carboxylic acid groups (broad SMARTS) is 1. The van der Waals surface area contributed by atoms with Gasteiger partial charge in [-0.05, 0) is 38.5 Å². The summed E-state index contributed by atoms with van der Waals surface area (Å²) in [5, 5.41) is 12.5. The molecule has 2 rings (SSSR count). The van der Waals surface area contributed by atoms with Gasteiger partial charge in [-0.15, -0.1) is 11.3 Å². The Balaban J connectivity index is 2.10. The average Bonchev–Trinajstić information content (AvgIpc) is 3.04. The van der Waals surface area contributed by atoms with E-state index in [-0.39, 0.29) is 10.8 Å². The Kier molecular flexibility index (Phi) is 7.18. The fourth-order valence-corrected chi connectivity index (χ4v) is 3.31. The molecule has 2 N–H and O–H groups in total. The fourth-order valence-electron chi connectivity index (χ4n) is 2.40. The molecule has 0 aliphatic carbocycles. The molecule has 1 heterocycles. The first-order chi connectivity index (χ1) is 12.9.